The van der Waals surface area contributed by atoms with Crippen LogP contribution in [0.2, 0.25) is 0 Å². The molecule has 0 radical (unpaired) electrons. The largest absolute Gasteiger partial charge is 0.273 e. The molecule has 0 aliphatic carbocycles. The third kappa shape index (κ3) is 9.44. The lowest BCUT2D eigenvalue weighted by atomic mass is 10.1. The van der Waals surface area contributed by atoms with Gasteiger partial charge in [-0.2, -0.15) is 10.2 Å². The van der Waals surface area contributed by atoms with Crippen LogP contribution in [0.3, 0.4) is 0 Å². The Bertz CT molecular complexity index is 1050. The van der Waals surface area contributed by atoms with Crippen molar-refractivity contribution >= 4 is 12.1 Å². The first-order valence-electron chi connectivity index (χ1n) is 13.7. The Morgan fingerprint density at radius 1 is 0.861 bits per heavy atom. The van der Waals surface area contributed by atoms with E-state index in [9.17, 15) is 4.79 Å². The number of nitrogens with one attached hydrogen (secondary N) is 1. The lowest BCUT2D eigenvalue weighted by Crippen LogP contribution is -2.16. The van der Waals surface area contributed by atoms with Crippen LogP contribution in [0.1, 0.15) is 95.1 Å². The molecular weight excluding hydrogens is 444 g/mol. The lowest BCUT2D eigenvalue weighted by Gasteiger charge is -2.03. The standard InChI is InChI=1S/C31H42N4O/c1-3-4-5-6-7-8-9-10-11-12-16-19-30(36)33-32-24-28-25-35(29-17-14-13-15-18-29)34-31(28)27-22-20-26(2)21-23-27/h13-15,17-18,20-25H,3-12,16,19H2,1-2H3,(H,33,36)/b32-24+. The minimum atomic E-state index is -0.0329. The van der Waals surface area contributed by atoms with E-state index in [0.717, 1.165) is 35.3 Å². The number of carbonyl (C=O) groups excluding carboxylic acids is 1. The highest BCUT2D eigenvalue weighted by molar-refractivity contribution is 5.89. The van der Waals surface area contributed by atoms with E-state index in [-0.39, 0.29) is 5.91 Å². The van der Waals surface area contributed by atoms with Crippen molar-refractivity contribution in [1.82, 2.24) is 15.2 Å². The number of nitrogens with zero attached hydrogens (tertiary/aromatic N) is 3. The predicted molar refractivity (Wildman–Crippen MR) is 151 cm³/mol. The minimum Gasteiger partial charge on any atom is -0.273 e. The number of rotatable bonds is 16. The maximum absolute atomic E-state index is 12.3. The van der Waals surface area contributed by atoms with E-state index in [1.165, 1.54) is 63.4 Å². The Hall–Kier alpha value is -3.21. The third-order valence-electron chi connectivity index (χ3n) is 6.49. The van der Waals surface area contributed by atoms with Gasteiger partial charge in [0.05, 0.1) is 11.9 Å². The van der Waals surface area contributed by atoms with Gasteiger partial charge in [0.15, 0.2) is 0 Å². The molecule has 0 bridgehead atoms. The summed E-state index contributed by atoms with van der Waals surface area (Å²) in [5, 5.41) is 9.04. The van der Waals surface area contributed by atoms with Gasteiger partial charge in [-0.3, -0.25) is 4.79 Å². The summed E-state index contributed by atoms with van der Waals surface area (Å²) in [4.78, 5) is 12.3. The smallest absolute Gasteiger partial charge is 0.240 e. The van der Waals surface area contributed by atoms with Crippen LogP contribution >= 0.6 is 0 Å². The quantitative estimate of drug-likeness (QED) is 0.127. The SMILES string of the molecule is CCCCCCCCCCCCCC(=O)N/N=C/c1cn(-c2ccccc2)nc1-c1ccc(C)cc1. The average Bonchev–Trinajstić information content (AvgIpc) is 3.32. The molecule has 2 aromatic carbocycles. The Morgan fingerprint density at radius 3 is 2.11 bits per heavy atom. The molecular formula is C31H42N4O. The zero-order chi connectivity index (χ0) is 25.4. The molecule has 5 heteroatoms. The van der Waals surface area contributed by atoms with Crippen molar-refractivity contribution in [3.63, 3.8) is 0 Å². The number of aromatic nitrogens is 2. The summed E-state index contributed by atoms with van der Waals surface area (Å²) in [6.45, 7) is 4.33. The van der Waals surface area contributed by atoms with Crippen LogP contribution in [0.5, 0.6) is 0 Å². The second-order valence-corrected chi connectivity index (χ2v) is 9.66. The summed E-state index contributed by atoms with van der Waals surface area (Å²) in [6.07, 6.45) is 18.2. The van der Waals surface area contributed by atoms with E-state index < -0.39 is 0 Å². The molecule has 3 aromatic rings. The van der Waals surface area contributed by atoms with E-state index >= 15 is 0 Å². The highest BCUT2D eigenvalue weighted by atomic mass is 16.2. The van der Waals surface area contributed by atoms with E-state index in [4.69, 9.17) is 5.10 Å². The maximum Gasteiger partial charge on any atom is 0.240 e. The molecule has 0 fully saturated rings. The number of hydrazone groups is 1. The Kier molecular flexibility index (Phi) is 12.0. The van der Waals surface area contributed by atoms with Gasteiger partial charge >= 0.3 is 0 Å². The van der Waals surface area contributed by atoms with Gasteiger partial charge in [0.25, 0.3) is 0 Å². The van der Waals surface area contributed by atoms with Crippen LogP contribution in [-0.2, 0) is 4.79 Å². The van der Waals surface area contributed by atoms with Gasteiger partial charge in [-0.25, -0.2) is 10.1 Å². The lowest BCUT2D eigenvalue weighted by molar-refractivity contribution is -0.121. The maximum atomic E-state index is 12.3. The van der Waals surface area contributed by atoms with E-state index in [1.807, 2.05) is 41.2 Å². The molecule has 1 amide bonds. The van der Waals surface area contributed by atoms with Crippen LogP contribution in [0.4, 0.5) is 0 Å². The second-order valence-electron chi connectivity index (χ2n) is 9.66. The molecule has 0 atom stereocenters. The number of hydrogen-bond acceptors (Lipinski definition) is 3. The second kappa shape index (κ2) is 15.7. The van der Waals surface area contributed by atoms with Gasteiger partial charge in [-0.1, -0.05) is 119 Å². The number of aryl methyl sites for hydroxylation is 1. The highest BCUT2D eigenvalue weighted by Gasteiger charge is 2.11. The number of benzene rings is 2. The molecule has 0 saturated carbocycles. The predicted octanol–water partition coefficient (Wildman–Crippen LogP) is 8.00. The number of para-hydroxylation sites is 1. The first kappa shape index (κ1) is 27.4. The Labute approximate surface area is 217 Å². The van der Waals surface area contributed by atoms with Gasteiger partial charge < -0.3 is 0 Å². The van der Waals surface area contributed by atoms with Crippen molar-refractivity contribution in [2.75, 3.05) is 0 Å². The summed E-state index contributed by atoms with van der Waals surface area (Å²) in [7, 11) is 0. The van der Waals surface area contributed by atoms with Gasteiger partial charge in [-0.05, 0) is 25.5 Å². The minimum absolute atomic E-state index is 0.0329. The molecule has 192 valence electrons. The van der Waals surface area contributed by atoms with Crippen LogP contribution in [0, 0.1) is 6.92 Å². The molecule has 1 aromatic heterocycles. The molecule has 5 nitrogen and oxygen atoms in total. The molecule has 1 heterocycles. The van der Waals surface area contributed by atoms with E-state index in [2.05, 4.69) is 48.6 Å². The normalized spacial score (nSPS) is 11.3. The monoisotopic (exact) mass is 486 g/mol. The van der Waals surface area contributed by atoms with E-state index in [1.54, 1.807) is 6.21 Å². The van der Waals surface area contributed by atoms with Crippen molar-refractivity contribution in [2.24, 2.45) is 5.10 Å². The van der Waals surface area contributed by atoms with Crippen LogP contribution in [0.15, 0.2) is 65.9 Å². The van der Waals surface area contributed by atoms with Gasteiger partial charge in [-0.15, -0.1) is 0 Å². The fourth-order valence-corrected chi connectivity index (χ4v) is 4.31. The number of carbonyl (C=O) groups is 1. The zero-order valence-electron chi connectivity index (χ0n) is 22.1. The van der Waals surface area contributed by atoms with Crippen LogP contribution < -0.4 is 5.43 Å². The summed E-state index contributed by atoms with van der Waals surface area (Å²) in [6, 6.07) is 18.3. The van der Waals surface area contributed by atoms with Gasteiger partial charge in [0.2, 0.25) is 5.91 Å². The van der Waals surface area contributed by atoms with Crippen molar-refractivity contribution in [3.8, 4) is 16.9 Å². The summed E-state index contributed by atoms with van der Waals surface area (Å²) < 4.78 is 1.85. The van der Waals surface area contributed by atoms with Crippen molar-refractivity contribution in [3.05, 3.63) is 71.9 Å². The number of unbranched alkanes of at least 4 members (excludes halogenated alkanes) is 10. The highest BCUT2D eigenvalue weighted by Crippen LogP contribution is 2.23. The molecule has 0 aliphatic rings. The van der Waals surface area contributed by atoms with Crippen LogP contribution in [-0.4, -0.2) is 21.9 Å². The fraction of sp³-hybridized carbons (Fsp3) is 0.452. The topological polar surface area (TPSA) is 59.3 Å². The summed E-state index contributed by atoms with van der Waals surface area (Å²) in [5.41, 5.74) is 7.59. The molecule has 0 saturated heterocycles. The molecule has 36 heavy (non-hydrogen) atoms. The van der Waals surface area contributed by atoms with Gasteiger partial charge in [0.1, 0.15) is 5.69 Å². The first-order valence-corrected chi connectivity index (χ1v) is 13.7. The van der Waals surface area contributed by atoms with Gasteiger partial charge in [0, 0.05) is 23.7 Å². The first-order chi connectivity index (χ1) is 17.7. The average molecular weight is 487 g/mol. The van der Waals surface area contributed by atoms with Crippen LogP contribution in [0.25, 0.3) is 16.9 Å². The number of amides is 1. The Balaban J connectivity index is 1.44. The summed E-state index contributed by atoms with van der Waals surface area (Å²) >= 11 is 0. The number of hydrogen-bond donors (Lipinski definition) is 1. The molecule has 3 rings (SSSR count). The molecule has 0 aliphatic heterocycles. The van der Waals surface area contributed by atoms with E-state index in [0.29, 0.717) is 6.42 Å². The third-order valence-corrected chi connectivity index (χ3v) is 6.49. The Morgan fingerprint density at radius 2 is 1.47 bits per heavy atom. The zero-order valence-corrected chi connectivity index (χ0v) is 22.1. The molecule has 1 N–H and O–H groups in total. The van der Waals surface area contributed by atoms with Crippen molar-refractivity contribution < 1.29 is 4.79 Å². The molecule has 0 spiro atoms. The molecule has 0 unspecified atom stereocenters. The van der Waals surface area contributed by atoms with Crippen molar-refractivity contribution in [2.45, 2.75) is 90.9 Å². The fourth-order valence-electron chi connectivity index (χ4n) is 4.31. The van der Waals surface area contributed by atoms with Crippen molar-refractivity contribution in [1.29, 1.82) is 0 Å². The summed E-state index contributed by atoms with van der Waals surface area (Å²) in [5.74, 6) is -0.0329.